The molecule has 0 fully saturated rings. The third-order valence-corrected chi connectivity index (χ3v) is 3.01. The second-order valence-electron chi connectivity index (χ2n) is 4.53. The van der Waals surface area contributed by atoms with Crippen molar-refractivity contribution in [2.45, 2.75) is 31.2 Å². The topological polar surface area (TPSA) is 30.2 Å². The van der Waals surface area contributed by atoms with Crippen molar-refractivity contribution in [1.29, 1.82) is 0 Å². The molecule has 0 aromatic carbocycles. The lowest BCUT2D eigenvalue weighted by molar-refractivity contribution is 0.563. The molecule has 0 bridgehead atoms. The maximum Gasteiger partial charge on any atom is 0.156 e. The van der Waals surface area contributed by atoms with Crippen LogP contribution in [0.5, 0.6) is 0 Å². The first kappa shape index (κ1) is 10.5. The minimum Gasteiger partial charge on any atom is -0.233 e. The predicted octanol–water partition coefficient (Wildman–Crippen LogP) is 2.75. The molecule has 0 unspecified atom stereocenters. The fourth-order valence-electron chi connectivity index (χ4n) is 1.41. The summed E-state index contributed by atoms with van der Waals surface area (Å²) in [4.78, 5) is 4.60. The van der Waals surface area contributed by atoms with E-state index in [-0.39, 0.29) is 5.41 Å². The van der Waals surface area contributed by atoms with Crippen LogP contribution in [-0.4, -0.2) is 20.9 Å². The lowest BCUT2D eigenvalue weighted by Crippen LogP contribution is -2.15. The normalized spacial score (nSPS) is 12.3. The molecule has 3 nitrogen and oxygen atoms in total. The molecular formula is C11H15N3S. The molecule has 15 heavy (non-hydrogen) atoms. The lowest BCUT2D eigenvalue weighted by atomic mass is 9.92. The van der Waals surface area contributed by atoms with E-state index in [1.165, 1.54) is 0 Å². The van der Waals surface area contributed by atoms with Crippen LogP contribution in [0.3, 0.4) is 0 Å². The van der Waals surface area contributed by atoms with Crippen molar-refractivity contribution >= 4 is 17.4 Å². The molecule has 0 saturated carbocycles. The fourth-order valence-corrected chi connectivity index (χ4v) is 1.96. The molecule has 2 heterocycles. The van der Waals surface area contributed by atoms with Gasteiger partial charge in [-0.1, -0.05) is 20.8 Å². The van der Waals surface area contributed by atoms with Gasteiger partial charge in [0.2, 0.25) is 0 Å². The van der Waals surface area contributed by atoms with Gasteiger partial charge < -0.3 is 0 Å². The van der Waals surface area contributed by atoms with E-state index in [1.807, 2.05) is 10.6 Å². The van der Waals surface area contributed by atoms with Crippen LogP contribution in [0.2, 0.25) is 0 Å². The summed E-state index contributed by atoms with van der Waals surface area (Å²) in [6.07, 6.45) is 3.84. The number of fused-ring (bicyclic) bond motifs is 1. The zero-order chi connectivity index (χ0) is 11.1. The number of rotatable bonds is 1. The summed E-state index contributed by atoms with van der Waals surface area (Å²) in [6, 6.07) is 4.06. The van der Waals surface area contributed by atoms with Crippen LogP contribution < -0.4 is 0 Å². The molecule has 0 saturated heterocycles. The van der Waals surface area contributed by atoms with Crippen LogP contribution in [0.4, 0.5) is 0 Å². The molecule has 0 radical (unpaired) electrons. The van der Waals surface area contributed by atoms with Gasteiger partial charge in [-0.15, -0.1) is 11.8 Å². The Labute approximate surface area is 93.9 Å². The van der Waals surface area contributed by atoms with Crippen LogP contribution in [-0.2, 0) is 5.41 Å². The highest BCUT2D eigenvalue weighted by molar-refractivity contribution is 7.98. The Balaban J connectivity index is 2.69. The summed E-state index contributed by atoms with van der Waals surface area (Å²) in [6.45, 7) is 6.52. The van der Waals surface area contributed by atoms with Crippen molar-refractivity contribution in [2.24, 2.45) is 0 Å². The highest BCUT2D eigenvalue weighted by atomic mass is 32.2. The molecule has 2 aromatic rings. The van der Waals surface area contributed by atoms with Crippen LogP contribution in [0.15, 0.2) is 23.4 Å². The SMILES string of the molecule is CSc1cc(C(C)(C)C)nc2ccnn12. The van der Waals surface area contributed by atoms with Crippen LogP contribution in [0.25, 0.3) is 5.65 Å². The molecule has 0 aliphatic heterocycles. The summed E-state index contributed by atoms with van der Waals surface area (Å²) in [5.41, 5.74) is 2.11. The van der Waals surface area contributed by atoms with Gasteiger partial charge in [0.15, 0.2) is 5.65 Å². The minimum absolute atomic E-state index is 0.0799. The van der Waals surface area contributed by atoms with Crippen molar-refractivity contribution < 1.29 is 0 Å². The Morgan fingerprint density at radius 3 is 2.67 bits per heavy atom. The van der Waals surface area contributed by atoms with E-state index in [0.29, 0.717) is 0 Å². The zero-order valence-electron chi connectivity index (χ0n) is 9.48. The van der Waals surface area contributed by atoms with Crippen LogP contribution in [0, 0.1) is 0 Å². The third-order valence-electron chi connectivity index (χ3n) is 2.30. The first-order chi connectivity index (χ1) is 7.02. The first-order valence-corrected chi connectivity index (χ1v) is 6.14. The van der Waals surface area contributed by atoms with Gasteiger partial charge in [-0.2, -0.15) is 5.10 Å². The molecule has 4 heteroatoms. The quantitative estimate of drug-likeness (QED) is 0.548. The summed E-state index contributed by atoms with van der Waals surface area (Å²) >= 11 is 1.69. The van der Waals surface area contributed by atoms with Gasteiger partial charge >= 0.3 is 0 Å². The second-order valence-corrected chi connectivity index (χ2v) is 5.36. The summed E-state index contributed by atoms with van der Waals surface area (Å²) in [7, 11) is 0. The van der Waals surface area contributed by atoms with E-state index < -0.39 is 0 Å². The van der Waals surface area contributed by atoms with Crippen LogP contribution in [0.1, 0.15) is 26.5 Å². The molecule has 0 amide bonds. The largest absolute Gasteiger partial charge is 0.233 e. The molecule has 0 aliphatic rings. The van der Waals surface area contributed by atoms with Gasteiger partial charge in [-0.25, -0.2) is 9.50 Å². The molecule has 0 aliphatic carbocycles. The Bertz CT molecular complexity index is 482. The highest BCUT2D eigenvalue weighted by Gasteiger charge is 2.17. The van der Waals surface area contributed by atoms with Crippen molar-refractivity contribution in [3.63, 3.8) is 0 Å². The van der Waals surface area contributed by atoms with Gasteiger partial charge in [-0.3, -0.25) is 0 Å². The average Bonchev–Trinajstić information content (AvgIpc) is 2.62. The fraction of sp³-hybridized carbons (Fsp3) is 0.455. The van der Waals surface area contributed by atoms with Crippen LogP contribution >= 0.6 is 11.8 Å². The molecule has 2 rings (SSSR count). The Morgan fingerprint density at radius 2 is 2.07 bits per heavy atom. The standard InChI is InChI=1S/C11H15N3S/c1-11(2,3)8-7-10(15-4)14-9(13-8)5-6-12-14/h5-7H,1-4H3. The smallest absolute Gasteiger partial charge is 0.156 e. The number of hydrogen-bond donors (Lipinski definition) is 0. The second kappa shape index (κ2) is 3.52. The van der Waals surface area contributed by atoms with Crippen molar-refractivity contribution in [2.75, 3.05) is 6.26 Å². The first-order valence-electron chi connectivity index (χ1n) is 4.91. The van der Waals surface area contributed by atoms with E-state index >= 15 is 0 Å². The number of thioether (sulfide) groups is 1. The predicted molar refractivity (Wildman–Crippen MR) is 63.5 cm³/mol. The lowest BCUT2D eigenvalue weighted by Gasteiger charge is -2.18. The van der Waals surface area contributed by atoms with Crippen molar-refractivity contribution in [1.82, 2.24) is 14.6 Å². The molecule has 2 aromatic heterocycles. The van der Waals surface area contributed by atoms with Gasteiger partial charge in [0.25, 0.3) is 0 Å². The zero-order valence-corrected chi connectivity index (χ0v) is 10.3. The van der Waals surface area contributed by atoms with Crippen molar-refractivity contribution in [3.05, 3.63) is 24.0 Å². The van der Waals surface area contributed by atoms with Gasteiger partial charge in [0.1, 0.15) is 5.03 Å². The van der Waals surface area contributed by atoms with Crippen molar-refractivity contribution in [3.8, 4) is 0 Å². The monoisotopic (exact) mass is 221 g/mol. The summed E-state index contributed by atoms with van der Waals surface area (Å²) in [5, 5.41) is 5.38. The van der Waals surface area contributed by atoms with E-state index in [2.05, 4.69) is 43.2 Å². The third kappa shape index (κ3) is 1.86. The number of aromatic nitrogens is 3. The molecular weight excluding hydrogens is 206 g/mol. The summed E-state index contributed by atoms with van der Waals surface area (Å²) in [5.74, 6) is 0. The maximum absolute atomic E-state index is 4.60. The van der Waals surface area contributed by atoms with E-state index in [1.54, 1.807) is 18.0 Å². The maximum atomic E-state index is 4.60. The van der Waals surface area contributed by atoms with E-state index in [9.17, 15) is 0 Å². The number of nitrogens with zero attached hydrogens (tertiary/aromatic N) is 3. The Hall–Kier alpha value is -1.03. The van der Waals surface area contributed by atoms with E-state index in [4.69, 9.17) is 0 Å². The average molecular weight is 221 g/mol. The number of hydrogen-bond acceptors (Lipinski definition) is 3. The van der Waals surface area contributed by atoms with E-state index in [0.717, 1.165) is 16.4 Å². The molecule has 0 atom stereocenters. The van der Waals surface area contributed by atoms with Gasteiger partial charge in [0.05, 0.1) is 11.9 Å². The highest BCUT2D eigenvalue weighted by Crippen LogP contribution is 2.25. The molecule has 80 valence electrons. The Morgan fingerprint density at radius 1 is 1.33 bits per heavy atom. The van der Waals surface area contributed by atoms with Gasteiger partial charge in [0, 0.05) is 11.5 Å². The molecule has 0 N–H and O–H groups in total. The summed E-state index contributed by atoms with van der Waals surface area (Å²) < 4.78 is 1.87. The minimum atomic E-state index is 0.0799. The molecule has 0 spiro atoms. The Kier molecular flexibility index (Phi) is 2.46. The van der Waals surface area contributed by atoms with Gasteiger partial charge in [-0.05, 0) is 12.3 Å².